The topological polar surface area (TPSA) is 84.2 Å². The van der Waals surface area contributed by atoms with Gasteiger partial charge in [0.05, 0.1) is 13.7 Å². The number of piperidine rings is 1. The highest BCUT2D eigenvalue weighted by molar-refractivity contribution is 5.79. The number of aromatic nitrogens is 2. The Kier molecular flexibility index (Phi) is 6.60. The van der Waals surface area contributed by atoms with E-state index in [-0.39, 0.29) is 5.92 Å². The number of carbonyl (C=O) groups excluding carboxylic acids is 1. The monoisotopic (exact) mass is 429 g/mol. The van der Waals surface area contributed by atoms with E-state index in [9.17, 15) is 4.79 Å². The van der Waals surface area contributed by atoms with Gasteiger partial charge in [0, 0.05) is 50.7 Å². The van der Waals surface area contributed by atoms with E-state index in [1.807, 2.05) is 30.0 Å². The number of ether oxygens (including phenoxy) is 2. The molecule has 4 rings (SSSR count). The maximum Gasteiger partial charge on any atom is 0.324 e. The van der Waals surface area contributed by atoms with Crippen LogP contribution in [-0.2, 0) is 4.79 Å². The Labute approximate surface area is 182 Å². The molecule has 0 aliphatic carbocycles. The molecule has 0 spiro atoms. The SMILES string of the molecule is CCOc1ccc(-c2noc(N3CCC(C(=O)N4CCN(C)CC4)CC3)n2)cc1OC. The van der Waals surface area contributed by atoms with Gasteiger partial charge in [-0.1, -0.05) is 5.16 Å². The van der Waals surface area contributed by atoms with Crippen LogP contribution < -0.4 is 14.4 Å². The number of anilines is 1. The molecule has 0 saturated carbocycles. The lowest BCUT2D eigenvalue weighted by molar-refractivity contribution is -0.137. The van der Waals surface area contributed by atoms with Crippen molar-refractivity contribution in [3.8, 4) is 22.9 Å². The average Bonchev–Trinajstić information content (AvgIpc) is 3.30. The van der Waals surface area contributed by atoms with Crippen molar-refractivity contribution in [3.05, 3.63) is 18.2 Å². The van der Waals surface area contributed by atoms with Crippen molar-refractivity contribution in [2.24, 2.45) is 5.92 Å². The van der Waals surface area contributed by atoms with Crippen molar-refractivity contribution in [3.63, 3.8) is 0 Å². The van der Waals surface area contributed by atoms with E-state index in [4.69, 9.17) is 14.0 Å². The Morgan fingerprint density at radius 2 is 1.87 bits per heavy atom. The minimum absolute atomic E-state index is 0.0809. The number of amides is 1. The van der Waals surface area contributed by atoms with Crippen molar-refractivity contribution in [1.82, 2.24) is 19.9 Å². The third-order valence-electron chi connectivity index (χ3n) is 6.07. The lowest BCUT2D eigenvalue weighted by Crippen LogP contribution is -2.50. The maximum absolute atomic E-state index is 12.8. The van der Waals surface area contributed by atoms with Crippen LogP contribution in [0.5, 0.6) is 11.5 Å². The van der Waals surface area contributed by atoms with Gasteiger partial charge < -0.3 is 28.7 Å². The first-order valence-corrected chi connectivity index (χ1v) is 11.0. The molecular formula is C22H31N5O4. The second-order valence-electron chi connectivity index (χ2n) is 8.09. The summed E-state index contributed by atoms with van der Waals surface area (Å²) in [5, 5.41) is 4.14. The second-order valence-corrected chi connectivity index (χ2v) is 8.09. The van der Waals surface area contributed by atoms with Crippen LogP contribution in [0.4, 0.5) is 6.01 Å². The number of likely N-dealkylation sites (N-methyl/N-ethyl adjacent to an activating group) is 1. The summed E-state index contributed by atoms with van der Waals surface area (Å²) in [6.07, 6.45) is 1.61. The second kappa shape index (κ2) is 9.55. The van der Waals surface area contributed by atoms with Crippen LogP contribution in [0.3, 0.4) is 0 Å². The molecule has 168 valence electrons. The van der Waals surface area contributed by atoms with E-state index in [0.29, 0.717) is 35.9 Å². The van der Waals surface area contributed by atoms with Gasteiger partial charge in [0.15, 0.2) is 11.5 Å². The van der Waals surface area contributed by atoms with Crippen LogP contribution in [0.1, 0.15) is 19.8 Å². The third kappa shape index (κ3) is 4.76. The fraction of sp³-hybridized carbons (Fsp3) is 0.591. The highest BCUT2D eigenvalue weighted by atomic mass is 16.5. The van der Waals surface area contributed by atoms with Crippen molar-refractivity contribution in [2.45, 2.75) is 19.8 Å². The third-order valence-corrected chi connectivity index (χ3v) is 6.07. The lowest BCUT2D eigenvalue weighted by atomic mass is 9.95. The minimum Gasteiger partial charge on any atom is -0.493 e. The van der Waals surface area contributed by atoms with Crippen LogP contribution in [0.2, 0.25) is 0 Å². The standard InChI is InChI=1S/C22H31N5O4/c1-4-30-18-6-5-17(15-19(18)29-3)20-23-22(31-24-20)27-9-7-16(8-10-27)21(28)26-13-11-25(2)12-14-26/h5-6,15-16H,4,7-14H2,1-3H3. The van der Waals surface area contributed by atoms with E-state index in [1.54, 1.807) is 7.11 Å². The van der Waals surface area contributed by atoms with E-state index in [1.165, 1.54) is 0 Å². The molecule has 2 aliphatic heterocycles. The van der Waals surface area contributed by atoms with Crippen LogP contribution in [0.25, 0.3) is 11.4 Å². The summed E-state index contributed by atoms with van der Waals surface area (Å²) in [6.45, 7) is 7.52. The summed E-state index contributed by atoms with van der Waals surface area (Å²) in [7, 11) is 3.71. The van der Waals surface area contributed by atoms with Crippen LogP contribution in [0.15, 0.2) is 22.7 Å². The zero-order chi connectivity index (χ0) is 21.8. The number of piperazine rings is 1. The smallest absolute Gasteiger partial charge is 0.324 e. The number of carbonyl (C=O) groups is 1. The summed E-state index contributed by atoms with van der Waals surface area (Å²) in [4.78, 5) is 23.8. The fourth-order valence-corrected chi connectivity index (χ4v) is 4.15. The first-order valence-electron chi connectivity index (χ1n) is 11.0. The number of methoxy groups -OCH3 is 1. The van der Waals surface area contributed by atoms with Gasteiger partial charge >= 0.3 is 6.01 Å². The molecule has 1 aromatic carbocycles. The number of benzene rings is 1. The molecule has 31 heavy (non-hydrogen) atoms. The molecule has 3 heterocycles. The quantitative estimate of drug-likeness (QED) is 0.691. The summed E-state index contributed by atoms with van der Waals surface area (Å²) in [6, 6.07) is 6.08. The predicted octanol–water partition coefficient (Wildman–Crippen LogP) is 2.13. The summed E-state index contributed by atoms with van der Waals surface area (Å²) in [5.74, 6) is 2.20. The van der Waals surface area contributed by atoms with Crippen molar-refractivity contribution >= 4 is 11.9 Å². The largest absolute Gasteiger partial charge is 0.493 e. The molecule has 1 aromatic heterocycles. The van der Waals surface area contributed by atoms with Crippen molar-refractivity contribution < 1.29 is 18.8 Å². The Bertz CT molecular complexity index is 886. The summed E-state index contributed by atoms with van der Waals surface area (Å²) < 4.78 is 16.5. The molecule has 0 radical (unpaired) electrons. The van der Waals surface area contributed by atoms with Crippen LogP contribution in [-0.4, -0.2) is 85.9 Å². The molecule has 2 fully saturated rings. The molecular weight excluding hydrogens is 398 g/mol. The lowest BCUT2D eigenvalue weighted by Gasteiger charge is -2.37. The predicted molar refractivity (Wildman–Crippen MR) is 116 cm³/mol. The first-order chi connectivity index (χ1) is 15.1. The van der Waals surface area contributed by atoms with Gasteiger partial charge in [-0.25, -0.2) is 0 Å². The average molecular weight is 430 g/mol. The van der Waals surface area contributed by atoms with E-state index >= 15 is 0 Å². The van der Waals surface area contributed by atoms with Gasteiger partial charge in [-0.05, 0) is 45.0 Å². The molecule has 0 atom stereocenters. The van der Waals surface area contributed by atoms with Crippen LogP contribution >= 0.6 is 0 Å². The Morgan fingerprint density at radius 1 is 1.13 bits per heavy atom. The number of hydrogen-bond donors (Lipinski definition) is 0. The summed E-state index contributed by atoms with van der Waals surface area (Å²) in [5.41, 5.74) is 0.801. The fourth-order valence-electron chi connectivity index (χ4n) is 4.15. The molecule has 9 heteroatoms. The highest BCUT2D eigenvalue weighted by Gasteiger charge is 2.31. The molecule has 0 bridgehead atoms. The highest BCUT2D eigenvalue weighted by Crippen LogP contribution is 2.32. The molecule has 2 aromatic rings. The Hall–Kier alpha value is -2.81. The van der Waals surface area contributed by atoms with E-state index in [2.05, 4.69) is 27.0 Å². The van der Waals surface area contributed by atoms with Gasteiger partial charge in [-0.15, -0.1) is 0 Å². The number of hydrogen-bond acceptors (Lipinski definition) is 8. The van der Waals surface area contributed by atoms with E-state index in [0.717, 1.165) is 57.7 Å². The molecule has 2 saturated heterocycles. The minimum atomic E-state index is 0.0809. The molecule has 2 aliphatic rings. The van der Waals surface area contributed by atoms with Gasteiger partial charge in [0.1, 0.15) is 0 Å². The molecule has 9 nitrogen and oxygen atoms in total. The zero-order valence-electron chi connectivity index (χ0n) is 18.5. The van der Waals surface area contributed by atoms with Gasteiger partial charge in [0.25, 0.3) is 0 Å². The Balaban J connectivity index is 1.37. The summed E-state index contributed by atoms with van der Waals surface area (Å²) >= 11 is 0. The van der Waals surface area contributed by atoms with Gasteiger partial charge in [0.2, 0.25) is 11.7 Å². The first kappa shape index (κ1) is 21.4. The van der Waals surface area contributed by atoms with Crippen molar-refractivity contribution in [2.75, 3.05) is 64.9 Å². The van der Waals surface area contributed by atoms with Crippen molar-refractivity contribution in [1.29, 1.82) is 0 Å². The molecule has 0 N–H and O–H groups in total. The maximum atomic E-state index is 12.8. The zero-order valence-corrected chi connectivity index (χ0v) is 18.5. The van der Waals surface area contributed by atoms with E-state index < -0.39 is 0 Å². The number of nitrogens with zero attached hydrogens (tertiary/aromatic N) is 5. The van der Waals surface area contributed by atoms with Crippen LogP contribution in [0, 0.1) is 5.92 Å². The normalized spacial score (nSPS) is 18.3. The Morgan fingerprint density at radius 3 is 2.55 bits per heavy atom. The van der Waals surface area contributed by atoms with Gasteiger partial charge in [-0.3, -0.25) is 4.79 Å². The molecule has 1 amide bonds. The molecule has 0 unspecified atom stereocenters. The van der Waals surface area contributed by atoms with Gasteiger partial charge in [-0.2, -0.15) is 4.98 Å². The number of rotatable bonds is 6.